The molecule has 5 heteroatoms. The van der Waals surface area contributed by atoms with Crippen molar-refractivity contribution in [2.45, 2.75) is 26.3 Å². The molecule has 0 radical (unpaired) electrons. The molecule has 1 aromatic rings. The van der Waals surface area contributed by atoms with Crippen LogP contribution in [0.15, 0.2) is 23.2 Å². The highest BCUT2D eigenvalue weighted by atomic mass is 19.2. The van der Waals surface area contributed by atoms with Crippen molar-refractivity contribution in [2.24, 2.45) is 10.8 Å². The zero-order valence-corrected chi connectivity index (χ0v) is 9.51. The summed E-state index contributed by atoms with van der Waals surface area (Å²) in [6.45, 7) is 5.50. The van der Waals surface area contributed by atoms with Gasteiger partial charge >= 0.3 is 0 Å². The van der Waals surface area contributed by atoms with Gasteiger partial charge in [0.1, 0.15) is 5.84 Å². The first-order valence-corrected chi connectivity index (χ1v) is 4.86. The highest BCUT2D eigenvalue weighted by Crippen LogP contribution is 2.14. The zero-order chi connectivity index (χ0) is 12.3. The third kappa shape index (κ3) is 3.00. The largest absolute Gasteiger partial charge is 0.308 e. The lowest BCUT2D eigenvalue weighted by molar-refractivity contribution is 0.505. The molecule has 0 atom stereocenters. The Labute approximate surface area is 93.3 Å². The molecule has 0 saturated heterocycles. The summed E-state index contributed by atoms with van der Waals surface area (Å²) in [5.41, 5.74) is 1.88. The van der Waals surface area contributed by atoms with Gasteiger partial charge in [0, 0.05) is 0 Å². The molecule has 0 amide bonds. The van der Waals surface area contributed by atoms with Crippen LogP contribution < -0.4 is 11.3 Å². The lowest BCUT2D eigenvalue weighted by atomic mass is 10.1. The van der Waals surface area contributed by atoms with Crippen molar-refractivity contribution in [3.05, 3.63) is 35.4 Å². The summed E-state index contributed by atoms with van der Waals surface area (Å²) in [7, 11) is 0. The van der Waals surface area contributed by atoms with Crippen molar-refractivity contribution in [1.29, 1.82) is 0 Å². The number of rotatable bonds is 1. The third-order valence-corrected chi connectivity index (χ3v) is 1.79. The highest BCUT2D eigenvalue weighted by Gasteiger charge is 2.16. The van der Waals surface area contributed by atoms with E-state index in [1.54, 1.807) is 0 Å². The first-order chi connectivity index (χ1) is 7.35. The van der Waals surface area contributed by atoms with Crippen LogP contribution in [0, 0.1) is 11.6 Å². The van der Waals surface area contributed by atoms with Crippen LogP contribution in [-0.2, 0) is 0 Å². The van der Waals surface area contributed by atoms with Crippen molar-refractivity contribution < 1.29 is 8.78 Å². The van der Waals surface area contributed by atoms with Gasteiger partial charge < -0.3 is 5.43 Å². The van der Waals surface area contributed by atoms with Crippen molar-refractivity contribution in [1.82, 2.24) is 5.43 Å². The number of nitrogens with zero attached hydrogens (tertiary/aromatic N) is 1. The van der Waals surface area contributed by atoms with Crippen LogP contribution in [-0.4, -0.2) is 11.4 Å². The first kappa shape index (κ1) is 12.6. The number of halogens is 2. The minimum Gasteiger partial charge on any atom is -0.308 e. The van der Waals surface area contributed by atoms with E-state index in [0.29, 0.717) is 0 Å². The third-order valence-electron chi connectivity index (χ3n) is 1.79. The van der Waals surface area contributed by atoms with E-state index in [9.17, 15) is 8.78 Å². The average Bonchev–Trinajstić information content (AvgIpc) is 2.18. The molecule has 16 heavy (non-hydrogen) atoms. The number of amidine groups is 1. The Hall–Kier alpha value is -1.49. The van der Waals surface area contributed by atoms with Crippen LogP contribution in [0.1, 0.15) is 26.3 Å². The van der Waals surface area contributed by atoms with Gasteiger partial charge in [0.05, 0.1) is 11.1 Å². The summed E-state index contributed by atoms with van der Waals surface area (Å²) in [5, 5.41) is 0. The Morgan fingerprint density at radius 2 is 1.94 bits per heavy atom. The summed E-state index contributed by atoms with van der Waals surface area (Å²) in [4.78, 5) is 4.17. The van der Waals surface area contributed by atoms with Crippen LogP contribution in [0.5, 0.6) is 0 Å². The molecular formula is C11H15F2N3. The van der Waals surface area contributed by atoms with Gasteiger partial charge in [0.15, 0.2) is 11.6 Å². The molecule has 0 aromatic heterocycles. The topological polar surface area (TPSA) is 50.4 Å². The lowest BCUT2D eigenvalue weighted by Gasteiger charge is -2.16. The van der Waals surface area contributed by atoms with E-state index >= 15 is 0 Å². The van der Waals surface area contributed by atoms with E-state index in [0.717, 1.165) is 6.07 Å². The lowest BCUT2D eigenvalue weighted by Crippen LogP contribution is -2.34. The fourth-order valence-corrected chi connectivity index (χ4v) is 1.19. The van der Waals surface area contributed by atoms with Crippen LogP contribution in [0.3, 0.4) is 0 Å². The van der Waals surface area contributed by atoms with E-state index < -0.39 is 17.2 Å². The first-order valence-electron chi connectivity index (χ1n) is 4.86. The van der Waals surface area contributed by atoms with Crippen molar-refractivity contribution in [2.75, 3.05) is 0 Å². The van der Waals surface area contributed by atoms with Gasteiger partial charge in [0.25, 0.3) is 0 Å². The van der Waals surface area contributed by atoms with E-state index in [1.807, 2.05) is 20.8 Å². The molecular weight excluding hydrogens is 212 g/mol. The molecule has 1 rings (SSSR count). The van der Waals surface area contributed by atoms with E-state index in [1.165, 1.54) is 12.1 Å². The number of hydrogen-bond acceptors (Lipinski definition) is 2. The fourth-order valence-electron chi connectivity index (χ4n) is 1.19. The molecule has 0 aliphatic carbocycles. The summed E-state index contributed by atoms with van der Waals surface area (Å²) in [6.07, 6.45) is 0. The van der Waals surface area contributed by atoms with Gasteiger partial charge in [-0.1, -0.05) is 6.07 Å². The maximum Gasteiger partial charge on any atom is 0.169 e. The van der Waals surface area contributed by atoms with Gasteiger partial charge in [-0.3, -0.25) is 4.99 Å². The quantitative estimate of drug-likeness (QED) is 0.333. The Morgan fingerprint density at radius 3 is 2.44 bits per heavy atom. The second kappa shape index (κ2) is 4.57. The van der Waals surface area contributed by atoms with E-state index in [4.69, 9.17) is 5.84 Å². The number of benzene rings is 1. The second-order valence-corrected chi connectivity index (χ2v) is 4.38. The molecule has 0 spiro atoms. The monoisotopic (exact) mass is 227 g/mol. The molecule has 0 aliphatic heterocycles. The molecule has 0 saturated carbocycles. The molecule has 0 heterocycles. The van der Waals surface area contributed by atoms with Gasteiger partial charge in [0.2, 0.25) is 0 Å². The standard InChI is InChI=1S/C11H15F2N3/c1-11(2,3)15-10(16-14)7-5-4-6-8(12)9(7)13/h4-6H,14H2,1-3H3,(H,15,16). The summed E-state index contributed by atoms with van der Waals surface area (Å²) < 4.78 is 26.5. The van der Waals surface area contributed by atoms with Crippen molar-refractivity contribution in [3.8, 4) is 0 Å². The smallest absolute Gasteiger partial charge is 0.169 e. The Bertz CT molecular complexity index is 408. The van der Waals surface area contributed by atoms with Crippen LogP contribution in [0.25, 0.3) is 0 Å². The second-order valence-electron chi connectivity index (χ2n) is 4.38. The molecule has 0 aliphatic rings. The van der Waals surface area contributed by atoms with E-state index in [2.05, 4.69) is 10.4 Å². The van der Waals surface area contributed by atoms with Gasteiger partial charge in [-0.15, -0.1) is 0 Å². The molecule has 1 aromatic carbocycles. The number of aliphatic imine (C=N–C) groups is 1. The average molecular weight is 227 g/mol. The summed E-state index contributed by atoms with van der Waals surface area (Å²) in [6, 6.07) is 3.87. The predicted molar refractivity (Wildman–Crippen MR) is 60.0 cm³/mol. The summed E-state index contributed by atoms with van der Waals surface area (Å²) >= 11 is 0. The maximum absolute atomic E-state index is 13.5. The molecule has 3 nitrogen and oxygen atoms in total. The fraction of sp³-hybridized carbons (Fsp3) is 0.364. The molecule has 3 N–H and O–H groups in total. The van der Waals surface area contributed by atoms with Crippen LogP contribution in [0.4, 0.5) is 8.78 Å². The van der Waals surface area contributed by atoms with Crippen molar-refractivity contribution >= 4 is 5.84 Å². The van der Waals surface area contributed by atoms with Gasteiger partial charge in [-0.2, -0.15) is 0 Å². The zero-order valence-electron chi connectivity index (χ0n) is 9.51. The minimum absolute atomic E-state index is 0.0254. The Morgan fingerprint density at radius 1 is 1.31 bits per heavy atom. The Kier molecular flexibility index (Phi) is 3.59. The molecule has 0 unspecified atom stereocenters. The van der Waals surface area contributed by atoms with Gasteiger partial charge in [-0.05, 0) is 32.9 Å². The maximum atomic E-state index is 13.5. The van der Waals surface area contributed by atoms with Gasteiger partial charge in [-0.25, -0.2) is 14.6 Å². The van der Waals surface area contributed by atoms with Crippen LogP contribution in [0.2, 0.25) is 0 Å². The van der Waals surface area contributed by atoms with Crippen LogP contribution >= 0.6 is 0 Å². The number of hydrazine groups is 1. The normalized spacial score (nSPS) is 12.8. The number of hydrogen-bond donors (Lipinski definition) is 2. The van der Waals surface area contributed by atoms with Crippen molar-refractivity contribution in [3.63, 3.8) is 0 Å². The molecule has 0 bridgehead atoms. The predicted octanol–water partition coefficient (Wildman–Crippen LogP) is 1.97. The highest BCUT2D eigenvalue weighted by molar-refractivity contribution is 5.98. The number of nitrogens with one attached hydrogen (secondary N) is 1. The summed E-state index contributed by atoms with van der Waals surface area (Å²) in [5.74, 6) is 3.51. The number of nitrogens with two attached hydrogens (primary N) is 1. The SMILES string of the molecule is CC(C)(C)N=C(NN)c1cccc(F)c1F. The molecule has 88 valence electrons. The molecule has 0 fully saturated rings. The Balaban J connectivity index is 3.25. The van der Waals surface area contributed by atoms with E-state index in [-0.39, 0.29) is 11.4 Å². The minimum atomic E-state index is -0.955.